The number of fused-ring (bicyclic) bond motifs is 1. The number of thioether (sulfide) groups is 1. The number of hydrogen-bond donors (Lipinski definition) is 1. The van der Waals surface area contributed by atoms with E-state index in [4.69, 9.17) is 16.3 Å². The maximum atomic E-state index is 12.9. The van der Waals surface area contributed by atoms with Gasteiger partial charge in [-0.3, -0.25) is 14.2 Å². The minimum absolute atomic E-state index is 0.105. The largest absolute Gasteiger partial charge is 0.385 e. The molecular weight excluding hydrogens is 422 g/mol. The third-order valence-corrected chi connectivity index (χ3v) is 5.83. The molecule has 1 amide bonds. The zero-order chi connectivity index (χ0) is 21.5. The molecule has 1 atom stereocenters. The highest BCUT2D eigenvalue weighted by Gasteiger charge is 2.15. The van der Waals surface area contributed by atoms with Crippen LogP contribution in [0.15, 0.2) is 58.5 Å². The van der Waals surface area contributed by atoms with Crippen molar-refractivity contribution in [2.45, 2.75) is 31.1 Å². The van der Waals surface area contributed by atoms with Gasteiger partial charge in [-0.15, -0.1) is 0 Å². The lowest BCUT2D eigenvalue weighted by Crippen LogP contribution is -2.29. The molecule has 158 valence electrons. The van der Waals surface area contributed by atoms with Crippen LogP contribution < -0.4 is 10.9 Å². The quantitative estimate of drug-likeness (QED) is 0.305. The van der Waals surface area contributed by atoms with E-state index in [0.717, 1.165) is 5.56 Å². The molecule has 0 aliphatic carbocycles. The van der Waals surface area contributed by atoms with Gasteiger partial charge in [0.05, 0.1) is 22.7 Å². The Morgan fingerprint density at radius 2 is 2.07 bits per heavy atom. The lowest BCUT2D eigenvalue weighted by molar-refractivity contribution is -0.119. The zero-order valence-electron chi connectivity index (χ0n) is 16.9. The number of para-hydroxylation sites is 1. The summed E-state index contributed by atoms with van der Waals surface area (Å²) in [5.74, 6) is 0.0123. The monoisotopic (exact) mass is 445 g/mol. The van der Waals surface area contributed by atoms with Crippen molar-refractivity contribution in [2.24, 2.45) is 0 Å². The summed E-state index contributed by atoms with van der Waals surface area (Å²) < 4.78 is 6.73. The van der Waals surface area contributed by atoms with Crippen LogP contribution in [0.1, 0.15) is 24.9 Å². The summed E-state index contributed by atoms with van der Waals surface area (Å²) in [6, 6.07) is 14.5. The lowest BCUT2D eigenvalue weighted by Gasteiger charge is -2.16. The molecule has 1 N–H and O–H groups in total. The summed E-state index contributed by atoms with van der Waals surface area (Å²) in [4.78, 5) is 30.1. The average Bonchev–Trinajstić information content (AvgIpc) is 2.74. The number of nitrogens with one attached hydrogen (secondary N) is 1. The van der Waals surface area contributed by atoms with Gasteiger partial charge in [0.15, 0.2) is 5.16 Å². The molecule has 1 heterocycles. The van der Waals surface area contributed by atoms with Crippen LogP contribution in [0.3, 0.4) is 0 Å². The highest BCUT2D eigenvalue weighted by Crippen LogP contribution is 2.20. The zero-order valence-corrected chi connectivity index (χ0v) is 18.5. The van der Waals surface area contributed by atoms with Crippen molar-refractivity contribution < 1.29 is 9.53 Å². The first kappa shape index (κ1) is 22.3. The van der Waals surface area contributed by atoms with Gasteiger partial charge in [-0.2, -0.15) is 0 Å². The number of halogens is 1. The van der Waals surface area contributed by atoms with Gasteiger partial charge in [0.1, 0.15) is 0 Å². The van der Waals surface area contributed by atoms with Crippen molar-refractivity contribution in [1.29, 1.82) is 0 Å². The van der Waals surface area contributed by atoms with Gasteiger partial charge in [0, 0.05) is 25.3 Å². The maximum absolute atomic E-state index is 12.9. The lowest BCUT2D eigenvalue weighted by atomic mass is 10.1. The Morgan fingerprint density at radius 1 is 1.27 bits per heavy atom. The van der Waals surface area contributed by atoms with Gasteiger partial charge >= 0.3 is 0 Å². The van der Waals surface area contributed by atoms with Crippen LogP contribution >= 0.6 is 23.4 Å². The van der Waals surface area contributed by atoms with Crippen LogP contribution in [0.2, 0.25) is 5.02 Å². The Hall–Kier alpha value is -2.35. The average molecular weight is 446 g/mol. The molecule has 0 saturated carbocycles. The van der Waals surface area contributed by atoms with Gasteiger partial charge in [-0.05, 0) is 43.2 Å². The van der Waals surface area contributed by atoms with E-state index >= 15 is 0 Å². The number of nitrogens with zero attached hydrogens (tertiary/aromatic N) is 2. The number of carbonyl (C=O) groups excluding carboxylic acids is 1. The van der Waals surface area contributed by atoms with Crippen molar-refractivity contribution in [1.82, 2.24) is 14.9 Å². The predicted octanol–water partition coefficient (Wildman–Crippen LogP) is 4.06. The van der Waals surface area contributed by atoms with E-state index in [0.29, 0.717) is 40.7 Å². The molecule has 0 fully saturated rings. The SMILES string of the molecule is COCCCn1c(SCC(=O)NC(C)c2cccc(Cl)c2)nc2ccccc2c1=O. The topological polar surface area (TPSA) is 73.2 Å². The van der Waals surface area contributed by atoms with E-state index in [1.807, 2.05) is 43.3 Å². The molecule has 0 saturated heterocycles. The molecule has 6 nitrogen and oxygen atoms in total. The summed E-state index contributed by atoms with van der Waals surface area (Å²) in [6.07, 6.45) is 0.683. The van der Waals surface area contributed by atoms with E-state index in [9.17, 15) is 9.59 Å². The highest BCUT2D eigenvalue weighted by atomic mass is 35.5. The molecule has 1 aromatic heterocycles. The number of aromatic nitrogens is 2. The van der Waals surface area contributed by atoms with E-state index in [2.05, 4.69) is 10.3 Å². The van der Waals surface area contributed by atoms with Gasteiger partial charge in [0.25, 0.3) is 5.56 Å². The molecule has 3 aromatic rings. The van der Waals surface area contributed by atoms with Crippen LogP contribution in [0.25, 0.3) is 10.9 Å². The van der Waals surface area contributed by atoms with Crippen molar-refractivity contribution in [3.63, 3.8) is 0 Å². The number of amides is 1. The standard InChI is InChI=1S/C22H24ClN3O3S/c1-15(16-7-5-8-17(23)13-16)24-20(27)14-30-22-25-19-10-4-3-9-18(19)21(28)26(22)11-6-12-29-2/h3-5,7-10,13,15H,6,11-12,14H2,1-2H3,(H,24,27). The Labute approximate surface area is 184 Å². The first-order valence-corrected chi connectivity index (χ1v) is 11.0. The van der Waals surface area contributed by atoms with Crippen molar-refractivity contribution in [3.05, 3.63) is 69.5 Å². The van der Waals surface area contributed by atoms with E-state index < -0.39 is 0 Å². The van der Waals surface area contributed by atoms with Crippen molar-refractivity contribution in [3.8, 4) is 0 Å². The Balaban J connectivity index is 1.74. The molecule has 0 bridgehead atoms. The van der Waals surface area contributed by atoms with Crippen LogP contribution in [0.5, 0.6) is 0 Å². The third kappa shape index (κ3) is 5.62. The summed E-state index contributed by atoms with van der Waals surface area (Å²) in [5, 5.41) is 4.69. The molecule has 0 radical (unpaired) electrons. The summed E-state index contributed by atoms with van der Waals surface area (Å²) >= 11 is 7.29. The first-order chi connectivity index (χ1) is 14.5. The van der Waals surface area contributed by atoms with Crippen molar-refractivity contribution in [2.75, 3.05) is 19.5 Å². The molecule has 0 spiro atoms. The minimum Gasteiger partial charge on any atom is -0.385 e. The van der Waals surface area contributed by atoms with Crippen LogP contribution in [0.4, 0.5) is 0 Å². The molecule has 0 aliphatic heterocycles. The maximum Gasteiger partial charge on any atom is 0.262 e. The first-order valence-electron chi connectivity index (χ1n) is 9.65. The minimum atomic E-state index is -0.176. The number of ether oxygens (including phenoxy) is 1. The normalized spacial score (nSPS) is 12.1. The second kappa shape index (κ2) is 10.6. The Morgan fingerprint density at radius 3 is 2.83 bits per heavy atom. The molecule has 3 rings (SSSR count). The number of carbonyl (C=O) groups is 1. The molecular formula is C22H24ClN3O3S. The predicted molar refractivity (Wildman–Crippen MR) is 121 cm³/mol. The smallest absolute Gasteiger partial charge is 0.262 e. The van der Waals surface area contributed by atoms with E-state index in [1.54, 1.807) is 23.8 Å². The Kier molecular flexibility index (Phi) is 7.90. The highest BCUT2D eigenvalue weighted by molar-refractivity contribution is 7.99. The van der Waals surface area contributed by atoms with Gasteiger partial charge < -0.3 is 10.1 Å². The molecule has 30 heavy (non-hydrogen) atoms. The number of rotatable bonds is 9. The fourth-order valence-electron chi connectivity index (χ4n) is 3.09. The Bertz CT molecular complexity index is 1090. The molecule has 0 aliphatic rings. The van der Waals surface area contributed by atoms with E-state index in [-0.39, 0.29) is 23.3 Å². The summed E-state index contributed by atoms with van der Waals surface area (Å²) in [6.45, 7) is 2.93. The fourth-order valence-corrected chi connectivity index (χ4v) is 4.13. The van der Waals surface area contributed by atoms with Gasteiger partial charge in [-0.1, -0.05) is 47.6 Å². The number of benzene rings is 2. The number of methoxy groups -OCH3 is 1. The third-order valence-electron chi connectivity index (χ3n) is 4.62. The summed E-state index contributed by atoms with van der Waals surface area (Å²) in [7, 11) is 1.63. The van der Waals surface area contributed by atoms with Gasteiger partial charge in [-0.25, -0.2) is 4.98 Å². The van der Waals surface area contributed by atoms with Crippen LogP contribution in [-0.2, 0) is 16.1 Å². The van der Waals surface area contributed by atoms with Crippen LogP contribution in [-0.4, -0.2) is 34.9 Å². The second-order valence-electron chi connectivity index (χ2n) is 6.85. The molecule has 2 aromatic carbocycles. The number of hydrogen-bond acceptors (Lipinski definition) is 5. The van der Waals surface area contributed by atoms with Gasteiger partial charge in [0.2, 0.25) is 5.91 Å². The molecule has 1 unspecified atom stereocenters. The fraction of sp³-hybridized carbons (Fsp3) is 0.318. The van der Waals surface area contributed by atoms with Crippen LogP contribution in [0, 0.1) is 0 Å². The second-order valence-corrected chi connectivity index (χ2v) is 8.23. The van der Waals surface area contributed by atoms with E-state index in [1.165, 1.54) is 11.8 Å². The molecule has 8 heteroatoms. The van der Waals surface area contributed by atoms with Crippen molar-refractivity contribution >= 4 is 40.2 Å². The summed E-state index contributed by atoms with van der Waals surface area (Å²) in [5.41, 5.74) is 1.45.